The third kappa shape index (κ3) is 3.58. The highest BCUT2D eigenvalue weighted by atomic mass is 35.5. The Balaban J connectivity index is 2.30. The summed E-state index contributed by atoms with van der Waals surface area (Å²) >= 11 is 5.82. The molecule has 0 fully saturated rings. The van der Waals surface area contributed by atoms with E-state index in [4.69, 9.17) is 16.3 Å². The number of ether oxygens (including phenoxy) is 1. The van der Waals surface area contributed by atoms with Crippen LogP contribution in [-0.2, 0) is 4.79 Å². The molecule has 0 aliphatic carbocycles. The summed E-state index contributed by atoms with van der Waals surface area (Å²) in [6.07, 6.45) is 0. The number of phenols is 1. The maximum Gasteiger partial charge on any atom is 0.330 e. The van der Waals surface area contributed by atoms with Crippen LogP contribution in [0.15, 0.2) is 42.5 Å². The second-order valence-corrected chi connectivity index (χ2v) is 4.77. The Kier molecular flexibility index (Phi) is 4.55. The fourth-order valence-corrected chi connectivity index (χ4v) is 2.06. The van der Waals surface area contributed by atoms with Crippen molar-refractivity contribution in [2.45, 2.75) is 6.04 Å². The van der Waals surface area contributed by atoms with Gasteiger partial charge in [0, 0.05) is 11.8 Å². The maximum atomic E-state index is 11.5. The minimum Gasteiger partial charge on any atom is -0.506 e. The van der Waals surface area contributed by atoms with Crippen LogP contribution in [0.25, 0.3) is 0 Å². The number of carbonyl (C=O) groups is 1. The molecule has 1 unspecified atom stereocenters. The summed E-state index contributed by atoms with van der Waals surface area (Å²) in [7, 11) is 1.54. The van der Waals surface area contributed by atoms with Gasteiger partial charge in [0.25, 0.3) is 0 Å². The average molecular weight is 308 g/mol. The topological polar surface area (TPSA) is 78.8 Å². The number of rotatable bonds is 5. The zero-order chi connectivity index (χ0) is 15.4. The van der Waals surface area contributed by atoms with E-state index in [2.05, 4.69) is 5.32 Å². The number of hydrogen-bond donors (Lipinski definition) is 3. The first-order chi connectivity index (χ1) is 10.0. The summed E-state index contributed by atoms with van der Waals surface area (Å²) in [5.74, 6) is -0.529. The third-order valence-corrected chi connectivity index (χ3v) is 3.24. The highest BCUT2D eigenvalue weighted by molar-refractivity contribution is 6.32. The van der Waals surface area contributed by atoms with Crippen molar-refractivity contribution in [1.29, 1.82) is 0 Å². The standard InChI is InChI=1S/C15H14ClNO4/c1-21-11-4-2-3-10(8-11)17-14(15(19)20)9-5-6-13(18)12(16)7-9/h2-8,14,17-18H,1H3,(H,19,20). The summed E-state index contributed by atoms with van der Waals surface area (Å²) < 4.78 is 5.10. The molecule has 2 aromatic rings. The maximum absolute atomic E-state index is 11.5. The molecule has 3 N–H and O–H groups in total. The lowest BCUT2D eigenvalue weighted by atomic mass is 10.1. The first-order valence-corrected chi connectivity index (χ1v) is 6.51. The van der Waals surface area contributed by atoms with Crippen LogP contribution in [0.5, 0.6) is 11.5 Å². The van der Waals surface area contributed by atoms with Gasteiger partial charge in [-0.05, 0) is 29.8 Å². The van der Waals surface area contributed by atoms with Crippen LogP contribution in [0.3, 0.4) is 0 Å². The summed E-state index contributed by atoms with van der Waals surface area (Å²) in [4.78, 5) is 11.5. The zero-order valence-corrected chi connectivity index (χ0v) is 12.0. The van der Waals surface area contributed by atoms with E-state index in [0.29, 0.717) is 17.0 Å². The Morgan fingerprint density at radius 3 is 2.67 bits per heavy atom. The summed E-state index contributed by atoms with van der Waals surface area (Å²) in [5.41, 5.74) is 1.04. The molecule has 0 saturated heterocycles. The minimum absolute atomic E-state index is 0.0917. The SMILES string of the molecule is COc1cccc(NC(C(=O)O)c2ccc(O)c(Cl)c2)c1. The van der Waals surface area contributed by atoms with Gasteiger partial charge >= 0.3 is 5.97 Å². The average Bonchev–Trinajstić information content (AvgIpc) is 2.47. The van der Waals surface area contributed by atoms with E-state index in [0.717, 1.165) is 0 Å². The highest BCUT2D eigenvalue weighted by Gasteiger charge is 2.20. The fourth-order valence-electron chi connectivity index (χ4n) is 1.87. The number of carboxylic acids is 1. The quantitative estimate of drug-likeness (QED) is 0.790. The zero-order valence-electron chi connectivity index (χ0n) is 11.2. The van der Waals surface area contributed by atoms with Gasteiger partial charge in [-0.3, -0.25) is 0 Å². The van der Waals surface area contributed by atoms with Gasteiger partial charge in [0.1, 0.15) is 11.5 Å². The van der Waals surface area contributed by atoms with Gasteiger partial charge < -0.3 is 20.3 Å². The van der Waals surface area contributed by atoms with Gasteiger partial charge in [0.05, 0.1) is 12.1 Å². The highest BCUT2D eigenvalue weighted by Crippen LogP contribution is 2.29. The number of anilines is 1. The smallest absolute Gasteiger partial charge is 0.330 e. The van der Waals surface area contributed by atoms with Crippen molar-refractivity contribution in [3.63, 3.8) is 0 Å². The number of aromatic hydroxyl groups is 1. The molecule has 2 rings (SSSR count). The molecule has 0 aliphatic heterocycles. The molecule has 0 aromatic heterocycles. The summed E-state index contributed by atoms with van der Waals surface area (Å²) in [5, 5.41) is 21.8. The van der Waals surface area contributed by atoms with Crippen molar-refractivity contribution >= 4 is 23.3 Å². The Bertz CT molecular complexity index is 660. The molecule has 0 spiro atoms. The summed E-state index contributed by atoms with van der Waals surface area (Å²) in [6.45, 7) is 0. The Morgan fingerprint density at radius 1 is 1.29 bits per heavy atom. The van der Waals surface area contributed by atoms with E-state index in [-0.39, 0.29) is 10.8 Å². The van der Waals surface area contributed by atoms with Gasteiger partial charge in [0.2, 0.25) is 0 Å². The van der Waals surface area contributed by atoms with Gasteiger partial charge in [0.15, 0.2) is 6.04 Å². The number of halogens is 1. The molecule has 0 heterocycles. The fraction of sp³-hybridized carbons (Fsp3) is 0.133. The van der Waals surface area contributed by atoms with Gasteiger partial charge in [-0.2, -0.15) is 0 Å². The lowest BCUT2D eigenvalue weighted by molar-refractivity contribution is -0.138. The monoisotopic (exact) mass is 307 g/mol. The molecular weight excluding hydrogens is 294 g/mol. The summed E-state index contributed by atoms with van der Waals surface area (Å²) in [6, 6.07) is 10.2. The van der Waals surface area contributed by atoms with E-state index in [1.807, 2.05) is 0 Å². The number of hydrogen-bond acceptors (Lipinski definition) is 4. The van der Waals surface area contributed by atoms with E-state index < -0.39 is 12.0 Å². The van der Waals surface area contributed by atoms with Crippen LogP contribution < -0.4 is 10.1 Å². The number of benzene rings is 2. The van der Waals surface area contributed by atoms with Gasteiger partial charge in [-0.15, -0.1) is 0 Å². The van der Waals surface area contributed by atoms with E-state index in [1.54, 1.807) is 24.3 Å². The van der Waals surface area contributed by atoms with Crippen LogP contribution in [0.1, 0.15) is 11.6 Å². The first kappa shape index (κ1) is 15.0. The number of phenolic OH excluding ortho intramolecular Hbond substituents is 1. The van der Waals surface area contributed by atoms with Crippen molar-refractivity contribution in [2.24, 2.45) is 0 Å². The van der Waals surface area contributed by atoms with Gasteiger partial charge in [-0.25, -0.2) is 4.79 Å². The molecule has 0 aliphatic rings. The molecular formula is C15H14ClNO4. The number of aliphatic carboxylic acids is 1. The lowest BCUT2D eigenvalue weighted by Crippen LogP contribution is -2.20. The second-order valence-electron chi connectivity index (χ2n) is 4.36. The Hall–Kier alpha value is -2.40. The molecule has 6 heteroatoms. The third-order valence-electron chi connectivity index (χ3n) is 2.93. The van der Waals surface area contributed by atoms with Crippen LogP contribution in [-0.4, -0.2) is 23.3 Å². The predicted octanol–water partition coefficient (Wildman–Crippen LogP) is 3.29. The van der Waals surface area contributed by atoms with Crippen LogP contribution >= 0.6 is 11.6 Å². The van der Waals surface area contributed by atoms with Crippen LogP contribution in [0.4, 0.5) is 5.69 Å². The Morgan fingerprint density at radius 2 is 2.05 bits per heavy atom. The molecule has 110 valence electrons. The molecule has 2 aromatic carbocycles. The largest absolute Gasteiger partial charge is 0.506 e. The molecule has 0 radical (unpaired) electrons. The number of methoxy groups -OCH3 is 1. The van der Waals surface area contributed by atoms with Crippen molar-refractivity contribution in [2.75, 3.05) is 12.4 Å². The van der Waals surface area contributed by atoms with Crippen molar-refractivity contribution < 1.29 is 19.7 Å². The van der Waals surface area contributed by atoms with E-state index >= 15 is 0 Å². The normalized spacial score (nSPS) is 11.7. The predicted molar refractivity (Wildman–Crippen MR) is 80.1 cm³/mol. The van der Waals surface area contributed by atoms with Crippen molar-refractivity contribution in [1.82, 2.24) is 0 Å². The van der Waals surface area contributed by atoms with Gasteiger partial charge in [-0.1, -0.05) is 23.7 Å². The molecule has 0 amide bonds. The molecule has 21 heavy (non-hydrogen) atoms. The first-order valence-electron chi connectivity index (χ1n) is 6.13. The molecule has 0 saturated carbocycles. The van der Waals surface area contributed by atoms with E-state index in [1.165, 1.54) is 25.3 Å². The molecule has 0 bridgehead atoms. The van der Waals surface area contributed by atoms with Crippen molar-refractivity contribution in [3.05, 3.63) is 53.1 Å². The molecule has 5 nitrogen and oxygen atoms in total. The lowest BCUT2D eigenvalue weighted by Gasteiger charge is -2.17. The number of carboxylic acid groups (broad SMARTS) is 1. The van der Waals surface area contributed by atoms with Crippen LogP contribution in [0, 0.1) is 0 Å². The Labute approximate surface area is 126 Å². The number of nitrogens with one attached hydrogen (secondary N) is 1. The minimum atomic E-state index is -1.06. The van der Waals surface area contributed by atoms with Crippen LogP contribution in [0.2, 0.25) is 5.02 Å². The van der Waals surface area contributed by atoms with Crippen molar-refractivity contribution in [3.8, 4) is 11.5 Å². The van der Waals surface area contributed by atoms with E-state index in [9.17, 15) is 15.0 Å². The molecule has 1 atom stereocenters. The second kappa shape index (κ2) is 6.37.